The Hall–Kier alpha value is -3.71. The van der Waals surface area contributed by atoms with Gasteiger partial charge < -0.3 is 15.4 Å². The van der Waals surface area contributed by atoms with E-state index in [1.165, 1.54) is 0 Å². The van der Waals surface area contributed by atoms with E-state index >= 15 is 0 Å². The Morgan fingerprint density at radius 2 is 2.06 bits per heavy atom. The van der Waals surface area contributed by atoms with E-state index in [0.29, 0.717) is 12.1 Å². The number of hydrogen-bond donors (Lipinski definition) is 2. The number of fused-ring (bicyclic) bond motifs is 1. The molecule has 2 aromatic carbocycles. The van der Waals surface area contributed by atoms with Crippen LogP contribution in [0, 0.1) is 0 Å². The van der Waals surface area contributed by atoms with Crippen molar-refractivity contribution in [1.29, 1.82) is 0 Å². The highest BCUT2D eigenvalue weighted by molar-refractivity contribution is 5.95. The van der Waals surface area contributed by atoms with Crippen molar-refractivity contribution < 1.29 is 9.53 Å². The molecule has 1 aliphatic rings. The third-order valence-corrected chi connectivity index (χ3v) is 5.38. The van der Waals surface area contributed by atoms with Crippen molar-refractivity contribution in [3.8, 4) is 11.3 Å². The van der Waals surface area contributed by atoms with Gasteiger partial charge in [-0.25, -0.2) is 4.98 Å². The van der Waals surface area contributed by atoms with Gasteiger partial charge >= 0.3 is 0 Å². The third-order valence-electron chi connectivity index (χ3n) is 5.38. The maximum atomic E-state index is 12.6. The number of ether oxygens (including phenoxy) is 1. The minimum atomic E-state index is -0.107. The van der Waals surface area contributed by atoms with Crippen LogP contribution in [0.5, 0.6) is 0 Å². The van der Waals surface area contributed by atoms with Gasteiger partial charge in [0.15, 0.2) is 5.65 Å². The fraction of sp³-hybridized carbons (Fsp3) is 0.208. The molecule has 0 saturated carbocycles. The quantitative estimate of drug-likeness (QED) is 0.499. The first-order valence-corrected chi connectivity index (χ1v) is 10.4. The van der Waals surface area contributed by atoms with Gasteiger partial charge in [-0.1, -0.05) is 36.4 Å². The van der Waals surface area contributed by atoms with Crippen molar-refractivity contribution in [1.82, 2.24) is 19.7 Å². The molecular weight excluding hydrogens is 390 g/mol. The summed E-state index contributed by atoms with van der Waals surface area (Å²) in [7, 11) is 0. The first-order chi connectivity index (χ1) is 15.3. The summed E-state index contributed by atoms with van der Waals surface area (Å²) in [6, 6.07) is 17.5. The Balaban J connectivity index is 1.42. The number of hydrogen-bond acceptors (Lipinski definition) is 5. The van der Waals surface area contributed by atoms with Gasteiger partial charge in [-0.3, -0.25) is 14.2 Å². The molecule has 3 heterocycles. The molecule has 2 aromatic heterocycles. The van der Waals surface area contributed by atoms with Crippen LogP contribution in [0.3, 0.4) is 0 Å². The number of rotatable bonds is 6. The summed E-state index contributed by atoms with van der Waals surface area (Å²) in [5.74, 6) is 0.713. The lowest BCUT2D eigenvalue weighted by Crippen LogP contribution is -2.31. The second-order valence-corrected chi connectivity index (χ2v) is 7.53. The van der Waals surface area contributed by atoms with Crippen LogP contribution in [-0.4, -0.2) is 39.5 Å². The number of amides is 1. The zero-order chi connectivity index (χ0) is 21.0. The number of carbonyl (C=O) groups excluding carboxylic acids is 1. The van der Waals surface area contributed by atoms with Crippen molar-refractivity contribution in [2.45, 2.75) is 18.9 Å². The molecule has 0 radical (unpaired) electrons. The zero-order valence-corrected chi connectivity index (χ0v) is 17.0. The molecule has 1 aliphatic heterocycles. The zero-order valence-electron chi connectivity index (χ0n) is 17.0. The van der Waals surface area contributed by atoms with E-state index in [1.807, 2.05) is 65.2 Å². The minimum Gasteiger partial charge on any atom is -0.376 e. The lowest BCUT2D eigenvalue weighted by molar-refractivity contribution is 0.0858. The summed E-state index contributed by atoms with van der Waals surface area (Å²) in [5, 5.41) is 6.43. The molecule has 2 N–H and O–H groups in total. The van der Waals surface area contributed by atoms with E-state index in [4.69, 9.17) is 9.72 Å². The Labute approximate surface area is 180 Å². The predicted molar refractivity (Wildman–Crippen MR) is 119 cm³/mol. The number of benzene rings is 2. The molecule has 7 heteroatoms. The third kappa shape index (κ3) is 4.13. The molecule has 4 aromatic rings. The van der Waals surface area contributed by atoms with Crippen LogP contribution in [0.4, 0.5) is 11.5 Å². The second kappa shape index (κ2) is 8.57. The number of carbonyl (C=O) groups is 1. The molecule has 0 bridgehead atoms. The van der Waals surface area contributed by atoms with Gasteiger partial charge in [0.1, 0.15) is 11.5 Å². The Morgan fingerprint density at radius 3 is 2.90 bits per heavy atom. The molecule has 0 aliphatic carbocycles. The molecule has 7 nitrogen and oxygen atoms in total. The lowest BCUT2D eigenvalue weighted by Gasteiger charge is -2.12. The summed E-state index contributed by atoms with van der Waals surface area (Å²) >= 11 is 0. The van der Waals surface area contributed by atoms with Crippen LogP contribution in [-0.2, 0) is 4.74 Å². The van der Waals surface area contributed by atoms with Crippen molar-refractivity contribution in [2.24, 2.45) is 0 Å². The SMILES string of the molecule is O=C(NC[C@H]1CCCO1)c1cccc(Nc2c(-c3ccccc3)nc3cnccn23)c1. The molecule has 0 unspecified atom stereocenters. The monoisotopic (exact) mass is 413 g/mol. The molecule has 1 fully saturated rings. The summed E-state index contributed by atoms with van der Waals surface area (Å²) in [4.78, 5) is 21.6. The molecule has 31 heavy (non-hydrogen) atoms. The highest BCUT2D eigenvalue weighted by Crippen LogP contribution is 2.31. The lowest BCUT2D eigenvalue weighted by atomic mass is 10.1. The average molecular weight is 413 g/mol. The van der Waals surface area contributed by atoms with E-state index in [9.17, 15) is 4.79 Å². The number of aromatic nitrogens is 3. The van der Waals surface area contributed by atoms with Crippen LogP contribution in [0.1, 0.15) is 23.2 Å². The standard InChI is InChI=1S/C24H23N5O2/c30-24(26-15-20-10-5-13-31-20)18-8-4-9-19(14-18)27-23-22(17-6-2-1-3-7-17)28-21-16-25-11-12-29(21)23/h1-4,6-9,11-12,14,16,20,27H,5,10,13,15H2,(H,26,30)/t20-/m1/s1. The molecule has 156 valence electrons. The summed E-state index contributed by atoms with van der Waals surface area (Å²) in [5.41, 5.74) is 3.97. The van der Waals surface area contributed by atoms with E-state index in [2.05, 4.69) is 15.6 Å². The van der Waals surface area contributed by atoms with Crippen LogP contribution in [0.25, 0.3) is 16.9 Å². The molecular formula is C24H23N5O2. The van der Waals surface area contributed by atoms with Crippen molar-refractivity contribution in [3.63, 3.8) is 0 Å². The molecule has 0 spiro atoms. The maximum Gasteiger partial charge on any atom is 0.251 e. The molecule has 1 saturated heterocycles. The normalized spacial score (nSPS) is 15.8. The van der Waals surface area contributed by atoms with Gasteiger partial charge in [-0.15, -0.1) is 0 Å². The fourth-order valence-electron chi connectivity index (χ4n) is 3.81. The number of nitrogens with one attached hydrogen (secondary N) is 2. The Kier molecular flexibility index (Phi) is 5.33. The van der Waals surface area contributed by atoms with E-state index in [-0.39, 0.29) is 12.0 Å². The van der Waals surface area contributed by atoms with Gasteiger partial charge in [0.05, 0.1) is 12.3 Å². The topological polar surface area (TPSA) is 80.5 Å². The Bertz CT molecular complexity index is 1200. The summed E-state index contributed by atoms with van der Waals surface area (Å²) in [6.07, 6.45) is 7.49. The first-order valence-electron chi connectivity index (χ1n) is 10.4. The summed E-state index contributed by atoms with van der Waals surface area (Å²) in [6.45, 7) is 1.31. The van der Waals surface area contributed by atoms with Gasteiger partial charge in [-0.05, 0) is 31.0 Å². The van der Waals surface area contributed by atoms with Crippen molar-refractivity contribution in [3.05, 3.63) is 78.8 Å². The highest BCUT2D eigenvalue weighted by atomic mass is 16.5. The second-order valence-electron chi connectivity index (χ2n) is 7.53. The average Bonchev–Trinajstić information content (AvgIpc) is 3.47. The van der Waals surface area contributed by atoms with Gasteiger partial charge in [-0.2, -0.15) is 0 Å². The molecule has 5 rings (SSSR count). The smallest absolute Gasteiger partial charge is 0.251 e. The van der Waals surface area contributed by atoms with Crippen LogP contribution in [0.2, 0.25) is 0 Å². The highest BCUT2D eigenvalue weighted by Gasteiger charge is 2.18. The van der Waals surface area contributed by atoms with E-state index < -0.39 is 0 Å². The van der Waals surface area contributed by atoms with E-state index in [1.54, 1.807) is 12.4 Å². The fourth-order valence-corrected chi connectivity index (χ4v) is 3.81. The van der Waals surface area contributed by atoms with Gasteiger partial charge in [0.2, 0.25) is 0 Å². The van der Waals surface area contributed by atoms with Crippen LogP contribution in [0.15, 0.2) is 73.2 Å². The minimum absolute atomic E-state index is 0.107. The van der Waals surface area contributed by atoms with Crippen molar-refractivity contribution in [2.75, 3.05) is 18.5 Å². The van der Waals surface area contributed by atoms with Crippen LogP contribution < -0.4 is 10.6 Å². The molecule has 1 amide bonds. The predicted octanol–water partition coefficient (Wildman–Crippen LogP) is 4.05. The largest absolute Gasteiger partial charge is 0.376 e. The first kappa shape index (κ1) is 19.3. The van der Waals surface area contributed by atoms with E-state index in [0.717, 1.165) is 47.9 Å². The number of imidazole rings is 1. The van der Waals surface area contributed by atoms with Gasteiger partial charge in [0.25, 0.3) is 5.91 Å². The Morgan fingerprint density at radius 1 is 1.16 bits per heavy atom. The number of anilines is 2. The molecule has 1 atom stereocenters. The van der Waals surface area contributed by atoms with Gasteiger partial charge in [0, 0.05) is 42.4 Å². The maximum absolute atomic E-state index is 12.6. The van der Waals surface area contributed by atoms with Crippen molar-refractivity contribution >= 4 is 23.1 Å². The summed E-state index contributed by atoms with van der Waals surface area (Å²) < 4.78 is 7.55. The van der Waals surface area contributed by atoms with Crippen LogP contribution >= 0.6 is 0 Å². The number of nitrogens with zero attached hydrogens (tertiary/aromatic N) is 3.